The molecule has 2 aliphatic rings. The quantitative estimate of drug-likeness (QED) is 0.672. The van der Waals surface area contributed by atoms with Crippen LogP contribution < -0.4 is 25.2 Å². The molecular weight excluding hydrogens is 441 g/mol. The predicted octanol–water partition coefficient (Wildman–Crippen LogP) is 1.81. The third-order valence-electron chi connectivity index (χ3n) is 5.40. The summed E-state index contributed by atoms with van der Waals surface area (Å²) >= 11 is 0. The number of ether oxygens (including phenoxy) is 2. The highest BCUT2D eigenvalue weighted by molar-refractivity contribution is 5.86. The molecule has 0 aliphatic carbocycles. The molecule has 2 aromatic carbocycles. The molecule has 2 N–H and O–H groups in total. The molecule has 0 bridgehead atoms. The van der Waals surface area contributed by atoms with Crippen LogP contribution in [-0.2, 0) is 15.8 Å². The van der Waals surface area contributed by atoms with Gasteiger partial charge in [-0.25, -0.2) is 0 Å². The van der Waals surface area contributed by atoms with Crippen molar-refractivity contribution in [2.24, 2.45) is 0 Å². The summed E-state index contributed by atoms with van der Waals surface area (Å²) in [5.41, 5.74) is 4.52. The maximum Gasteiger partial charge on any atom is 0.416 e. The molecule has 33 heavy (non-hydrogen) atoms. The van der Waals surface area contributed by atoms with Gasteiger partial charge < -0.3 is 14.4 Å². The second-order valence-electron chi connectivity index (χ2n) is 7.71. The largest absolute Gasteiger partial charge is 0.485 e. The van der Waals surface area contributed by atoms with Gasteiger partial charge in [0.1, 0.15) is 6.61 Å². The molecule has 2 aromatic rings. The van der Waals surface area contributed by atoms with Crippen LogP contribution in [-0.4, -0.2) is 62.1 Å². The first-order chi connectivity index (χ1) is 15.8. The van der Waals surface area contributed by atoms with Gasteiger partial charge in [0.2, 0.25) is 6.10 Å². The van der Waals surface area contributed by atoms with E-state index in [1.807, 2.05) is 9.80 Å². The number of carbonyl (C=O) groups excluding carboxylic acids is 2. The van der Waals surface area contributed by atoms with Crippen molar-refractivity contribution in [2.75, 3.05) is 44.2 Å². The summed E-state index contributed by atoms with van der Waals surface area (Å²) < 4.78 is 49.9. The van der Waals surface area contributed by atoms with E-state index in [-0.39, 0.29) is 13.2 Å². The number of para-hydroxylation sites is 2. The smallest absolute Gasteiger partial charge is 0.416 e. The summed E-state index contributed by atoms with van der Waals surface area (Å²) in [5.74, 6) is 0.0592. The lowest BCUT2D eigenvalue weighted by Gasteiger charge is -2.36. The van der Waals surface area contributed by atoms with E-state index in [2.05, 4.69) is 10.9 Å². The lowest BCUT2D eigenvalue weighted by atomic mass is 10.1. The zero-order valence-electron chi connectivity index (χ0n) is 17.6. The Hall–Kier alpha value is -3.47. The fourth-order valence-electron chi connectivity index (χ4n) is 3.65. The lowest BCUT2D eigenvalue weighted by Crippen LogP contribution is -2.54. The number of hydrogen-bond acceptors (Lipinski definition) is 6. The van der Waals surface area contributed by atoms with Crippen LogP contribution in [0.5, 0.6) is 11.5 Å². The summed E-state index contributed by atoms with van der Waals surface area (Å²) in [6.07, 6.45) is -5.28. The molecule has 11 heteroatoms. The number of amides is 2. The number of hydrazine groups is 1. The second-order valence-corrected chi connectivity index (χ2v) is 7.71. The van der Waals surface area contributed by atoms with Crippen molar-refractivity contribution in [3.05, 3.63) is 54.1 Å². The van der Waals surface area contributed by atoms with Gasteiger partial charge in [0.15, 0.2) is 11.5 Å². The molecule has 4 rings (SSSR count). The van der Waals surface area contributed by atoms with Crippen molar-refractivity contribution >= 4 is 17.5 Å². The number of carbonyl (C=O) groups is 2. The van der Waals surface area contributed by atoms with Crippen LogP contribution in [0.4, 0.5) is 18.9 Å². The van der Waals surface area contributed by atoms with Crippen molar-refractivity contribution in [1.82, 2.24) is 15.8 Å². The number of rotatable bonds is 4. The number of nitrogens with one attached hydrogen (secondary N) is 2. The normalized spacial score (nSPS) is 18.5. The number of piperazine rings is 1. The fraction of sp³-hybridized carbons (Fsp3) is 0.364. The van der Waals surface area contributed by atoms with Gasteiger partial charge in [0.05, 0.1) is 12.1 Å². The van der Waals surface area contributed by atoms with Crippen molar-refractivity contribution < 1.29 is 32.2 Å². The Morgan fingerprint density at radius 3 is 2.42 bits per heavy atom. The molecule has 2 aliphatic heterocycles. The first-order valence-electron chi connectivity index (χ1n) is 10.4. The molecule has 176 valence electrons. The van der Waals surface area contributed by atoms with Crippen LogP contribution in [0.25, 0.3) is 0 Å². The molecule has 2 heterocycles. The standard InChI is InChI=1S/C22H23F3N4O4/c23-22(24,25)15-4-3-5-16(12-15)29-10-8-28(9-11-29)13-20(30)26-27-21(31)19-14-32-17-6-1-2-7-18(17)33-19/h1-7,12,19H,8-11,13-14H2,(H,26,30)(H,27,31). The summed E-state index contributed by atoms with van der Waals surface area (Å²) in [7, 11) is 0. The van der Waals surface area contributed by atoms with E-state index in [0.717, 1.165) is 12.1 Å². The van der Waals surface area contributed by atoms with Crippen LogP contribution in [0.1, 0.15) is 5.56 Å². The molecule has 0 aromatic heterocycles. The molecule has 0 radical (unpaired) electrons. The number of anilines is 1. The molecule has 1 fully saturated rings. The summed E-state index contributed by atoms with van der Waals surface area (Å²) in [6, 6.07) is 12.2. The minimum absolute atomic E-state index is 0.0240. The first kappa shape index (κ1) is 22.7. The average molecular weight is 464 g/mol. The van der Waals surface area contributed by atoms with Gasteiger partial charge in [-0.3, -0.25) is 25.3 Å². The number of alkyl halides is 3. The molecule has 2 amide bonds. The first-order valence-corrected chi connectivity index (χ1v) is 10.4. The Balaban J connectivity index is 1.20. The monoisotopic (exact) mass is 464 g/mol. The van der Waals surface area contributed by atoms with E-state index in [1.54, 1.807) is 30.3 Å². The molecule has 0 saturated carbocycles. The third-order valence-corrected chi connectivity index (χ3v) is 5.40. The van der Waals surface area contributed by atoms with Crippen LogP contribution in [0.2, 0.25) is 0 Å². The summed E-state index contributed by atoms with van der Waals surface area (Å²) in [5, 5.41) is 0. The van der Waals surface area contributed by atoms with Crippen LogP contribution in [0.3, 0.4) is 0 Å². The lowest BCUT2D eigenvalue weighted by molar-refractivity contribution is -0.137. The molecule has 1 unspecified atom stereocenters. The maximum absolute atomic E-state index is 12.9. The second kappa shape index (κ2) is 9.57. The minimum Gasteiger partial charge on any atom is -0.485 e. The average Bonchev–Trinajstić information content (AvgIpc) is 2.82. The van der Waals surface area contributed by atoms with E-state index < -0.39 is 29.7 Å². The number of hydrogen-bond donors (Lipinski definition) is 2. The van der Waals surface area contributed by atoms with Gasteiger partial charge in [-0.1, -0.05) is 18.2 Å². The highest BCUT2D eigenvalue weighted by Gasteiger charge is 2.31. The van der Waals surface area contributed by atoms with Crippen molar-refractivity contribution in [3.63, 3.8) is 0 Å². The third kappa shape index (κ3) is 5.67. The van der Waals surface area contributed by atoms with Gasteiger partial charge in [-0.2, -0.15) is 13.2 Å². The molecular formula is C22H23F3N4O4. The van der Waals surface area contributed by atoms with Crippen LogP contribution >= 0.6 is 0 Å². The Morgan fingerprint density at radius 1 is 0.970 bits per heavy atom. The maximum atomic E-state index is 12.9. The van der Waals surface area contributed by atoms with Gasteiger partial charge in [0, 0.05) is 31.9 Å². The predicted molar refractivity (Wildman–Crippen MR) is 113 cm³/mol. The number of halogens is 3. The van der Waals surface area contributed by atoms with Crippen LogP contribution in [0, 0.1) is 0 Å². The van der Waals surface area contributed by atoms with Crippen molar-refractivity contribution in [1.29, 1.82) is 0 Å². The summed E-state index contributed by atoms with van der Waals surface area (Å²) in [4.78, 5) is 28.2. The van der Waals surface area contributed by atoms with Crippen molar-refractivity contribution in [2.45, 2.75) is 12.3 Å². The molecule has 1 saturated heterocycles. The highest BCUT2D eigenvalue weighted by atomic mass is 19.4. The van der Waals surface area contributed by atoms with E-state index in [1.165, 1.54) is 6.07 Å². The highest BCUT2D eigenvalue weighted by Crippen LogP contribution is 2.32. The van der Waals surface area contributed by atoms with Gasteiger partial charge >= 0.3 is 6.18 Å². The van der Waals surface area contributed by atoms with E-state index in [4.69, 9.17) is 9.47 Å². The molecule has 8 nitrogen and oxygen atoms in total. The number of fused-ring (bicyclic) bond motifs is 1. The zero-order chi connectivity index (χ0) is 23.4. The Morgan fingerprint density at radius 2 is 1.70 bits per heavy atom. The molecule has 1 atom stereocenters. The van der Waals surface area contributed by atoms with E-state index in [0.29, 0.717) is 43.4 Å². The molecule has 0 spiro atoms. The Kier molecular flexibility index (Phi) is 6.59. The summed E-state index contributed by atoms with van der Waals surface area (Å²) in [6.45, 7) is 2.01. The fourth-order valence-corrected chi connectivity index (χ4v) is 3.65. The van der Waals surface area contributed by atoms with Crippen molar-refractivity contribution in [3.8, 4) is 11.5 Å². The minimum atomic E-state index is -4.39. The number of benzene rings is 2. The number of nitrogens with zero attached hydrogens (tertiary/aromatic N) is 2. The zero-order valence-corrected chi connectivity index (χ0v) is 17.6. The van der Waals surface area contributed by atoms with Gasteiger partial charge in [-0.05, 0) is 30.3 Å². The Bertz CT molecular complexity index is 1010. The van der Waals surface area contributed by atoms with E-state index in [9.17, 15) is 22.8 Å². The SMILES string of the molecule is O=C(CN1CCN(c2cccc(C(F)(F)F)c2)CC1)NNC(=O)C1COc2ccccc2O1. The van der Waals surface area contributed by atoms with Gasteiger partial charge in [-0.15, -0.1) is 0 Å². The van der Waals surface area contributed by atoms with E-state index >= 15 is 0 Å². The van der Waals surface area contributed by atoms with Gasteiger partial charge in [0.25, 0.3) is 11.8 Å². The van der Waals surface area contributed by atoms with Crippen LogP contribution in [0.15, 0.2) is 48.5 Å². The Labute approximate surface area is 188 Å². The topological polar surface area (TPSA) is 83.1 Å².